The van der Waals surface area contributed by atoms with Gasteiger partial charge in [0.05, 0.1) is 6.54 Å². The molecular weight excluding hydrogens is 443 g/mol. The third-order valence-electron chi connectivity index (χ3n) is 4.40. The minimum absolute atomic E-state index is 0. The lowest BCUT2D eigenvalue weighted by Crippen LogP contribution is -2.40. The van der Waals surface area contributed by atoms with E-state index in [1.165, 1.54) is 29.8 Å². The van der Waals surface area contributed by atoms with E-state index in [1.54, 1.807) is 0 Å². The first-order valence-electron chi connectivity index (χ1n) is 8.98. The Hall–Kier alpha value is -0.890. The maximum atomic E-state index is 4.73. The molecule has 1 saturated heterocycles. The Morgan fingerprint density at radius 1 is 1.20 bits per heavy atom. The van der Waals surface area contributed by atoms with Crippen LogP contribution in [-0.4, -0.2) is 43.1 Å². The van der Waals surface area contributed by atoms with Crippen LogP contribution >= 0.6 is 35.7 Å². The van der Waals surface area contributed by atoms with Crippen molar-refractivity contribution in [1.29, 1.82) is 0 Å². The number of hydrogen-bond donors (Lipinski definition) is 2. The maximum absolute atomic E-state index is 4.73. The Labute approximate surface area is 172 Å². The zero-order valence-electron chi connectivity index (χ0n) is 14.9. The second-order valence-electron chi connectivity index (χ2n) is 6.25. The lowest BCUT2D eigenvalue weighted by Gasteiger charge is -2.17. The highest BCUT2D eigenvalue weighted by Gasteiger charge is 2.15. The summed E-state index contributed by atoms with van der Waals surface area (Å²) in [6.07, 6.45) is 7.11. The smallest absolute Gasteiger partial charge is 0.191 e. The first-order valence-corrected chi connectivity index (χ1v) is 10.0. The van der Waals surface area contributed by atoms with Gasteiger partial charge >= 0.3 is 0 Å². The molecule has 0 amide bonds. The Morgan fingerprint density at radius 2 is 1.96 bits per heavy atom. The van der Waals surface area contributed by atoms with Crippen molar-refractivity contribution in [3.8, 4) is 0 Å². The second-order valence-corrected chi connectivity index (χ2v) is 7.66. The molecule has 2 aliphatic heterocycles. The lowest BCUT2D eigenvalue weighted by molar-refractivity contribution is 0.727. The van der Waals surface area contributed by atoms with Gasteiger partial charge in [0.15, 0.2) is 5.96 Å². The van der Waals surface area contributed by atoms with E-state index in [-0.39, 0.29) is 24.0 Å². The van der Waals surface area contributed by atoms with Crippen molar-refractivity contribution >= 4 is 47.4 Å². The van der Waals surface area contributed by atoms with Crippen LogP contribution in [0, 0.1) is 0 Å². The van der Waals surface area contributed by atoms with Gasteiger partial charge in [0.25, 0.3) is 0 Å². The fourth-order valence-electron chi connectivity index (χ4n) is 3.03. The van der Waals surface area contributed by atoms with Crippen LogP contribution in [0.3, 0.4) is 0 Å². The number of thioether (sulfide) groups is 1. The molecule has 6 heteroatoms. The summed E-state index contributed by atoms with van der Waals surface area (Å²) < 4.78 is 0. The third-order valence-corrected chi connectivity index (χ3v) is 5.80. The van der Waals surface area contributed by atoms with Gasteiger partial charge in [0.2, 0.25) is 0 Å². The molecule has 1 aromatic carbocycles. The number of halogens is 1. The first kappa shape index (κ1) is 20.4. The van der Waals surface area contributed by atoms with E-state index < -0.39 is 0 Å². The van der Waals surface area contributed by atoms with Crippen LogP contribution in [0.2, 0.25) is 0 Å². The SMILES string of the molecule is CCNC(=NCc1ccc(N2CC=CC2)cc1)NCC1CCCS1.I. The fourth-order valence-corrected chi connectivity index (χ4v) is 4.23. The molecule has 1 aromatic rings. The van der Waals surface area contributed by atoms with Gasteiger partial charge in [0.1, 0.15) is 0 Å². The highest BCUT2D eigenvalue weighted by molar-refractivity contribution is 14.0. The normalized spacial score (nSPS) is 19.8. The summed E-state index contributed by atoms with van der Waals surface area (Å²) in [4.78, 5) is 7.09. The topological polar surface area (TPSA) is 39.7 Å². The molecule has 0 saturated carbocycles. The molecule has 1 atom stereocenters. The molecule has 2 aliphatic rings. The molecule has 138 valence electrons. The van der Waals surface area contributed by atoms with Crippen molar-refractivity contribution in [2.45, 2.75) is 31.6 Å². The maximum Gasteiger partial charge on any atom is 0.191 e. The van der Waals surface area contributed by atoms with Crippen LogP contribution in [0.1, 0.15) is 25.3 Å². The highest BCUT2D eigenvalue weighted by atomic mass is 127. The van der Waals surface area contributed by atoms with Gasteiger partial charge < -0.3 is 15.5 Å². The Kier molecular flexibility index (Phi) is 8.95. The minimum Gasteiger partial charge on any atom is -0.364 e. The van der Waals surface area contributed by atoms with E-state index >= 15 is 0 Å². The number of aliphatic imine (C=N–C) groups is 1. The van der Waals surface area contributed by atoms with E-state index in [4.69, 9.17) is 4.99 Å². The van der Waals surface area contributed by atoms with Crippen molar-refractivity contribution in [2.75, 3.05) is 36.8 Å². The van der Waals surface area contributed by atoms with Crippen molar-refractivity contribution in [1.82, 2.24) is 10.6 Å². The van der Waals surface area contributed by atoms with Crippen LogP contribution in [0.5, 0.6) is 0 Å². The number of rotatable bonds is 6. The van der Waals surface area contributed by atoms with E-state index in [2.05, 4.69) is 70.6 Å². The minimum atomic E-state index is 0. The van der Waals surface area contributed by atoms with E-state index in [9.17, 15) is 0 Å². The van der Waals surface area contributed by atoms with Crippen LogP contribution in [-0.2, 0) is 6.54 Å². The van der Waals surface area contributed by atoms with Gasteiger partial charge in [0, 0.05) is 37.1 Å². The number of nitrogens with zero attached hydrogens (tertiary/aromatic N) is 2. The number of guanidine groups is 1. The summed E-state index contributed by atoms with van der Waals surface area (Å²) in [7, 11) is 0. The number of benzene rings is 1. The van der Waals surface area contributed by atoms with Gasteiger partial charge in [-0.3, -0.25) is 0 Å². The second kappa shape index (κ2) is 11.0. The predicted octanol–water partition coefficient (Wildman–Crippen LogP) is 3.63. The molecule has 0 aromatic heterocycles. The van der Waals surface area contributed by atoms with Crippen molar-refractivity contribution in [3.05, 3.63) is 42.0 Å². The molecule has 0 bridgehead atoms. The molecule has 1 fully saturated rings. The van der Waals surface area contributed by atoms with Crippen molar-refractivity contribution < 1.29 is 0 Å². The molecule has 2 N–H and O–H groups in total. The molecule has 2 heterocycles. The summed E-state index contributed by atoms with van der Waals surface area (Å²) in [5.41, 5.74) is 2.54. The molecule has 0 radical (unpaired) electrons. The van der Waals surface area contributed by atoms with Gasteiger partial charge in [-0.05, 0) is 43.2 Å². The molecule has 4 nitrogen and oxygen atoms in total. The first-order chi connectivity index (χ1) is 11.8. The van der Waals surface area contributed by atoms with Crippen LogP contribution in [0.15, 0.2) is 41.4 Å². The van der Waals surface area contributed by atoms with Crippen LogP contribution < -0.4 is 15.5 Å². The molecular formula is C19H29IN4S. The number of nitrogens with one attached hydrogen (secondary N) is 2. The number of anilines is 1. The number of hydrogen-bond acceptors (Lipinski definition) is 3. The molecule has 0 spiro atoms. The van der Waals surface area contributed by atoms with Gasteiger partial charge in [-0.25, -0.2) is 4.99 Å². The zero-order valence-corrected chi connectivity index (χ0v) is 18.1. The van der Waals surface area contributed by atoms with Gasteiger partial charge in [-0.1, -0.05) is 24.3 Å². The highest BCUT2D eigenvalue weighted by Crippen LogP contribution is 2.25. The third kappa shape index (κ3) is 6.40. The summed E-state index contributed by atoms with van der Waals surface area (Å²) in [6.45, 7) is 6.77. The average Bonchev–Trinajstić information content (AvgIpc) is 3.31. The summed E-state index contributed by atoms with van der Waals surface area (Å²) in [5, 5.41) is 7.57. The molecule has 25 heavy (non-hydrogen) atoms. The van der Waals surface area contributed by atoms with Crippen LogP contribution in [0.25, 0.3) is 0 Å². The van der Waals surface area contributed by atoms with E-state index in [1.807, 2.05) is 0 Å². The monoisotopic (exact) mass is 472 g/mol. The van der Waals surface area contributed by atoms with E-state index in [0.717, 1.165) is 37.4 Å². The standard InChI is InChI=1S/C19H28N4S.HI/c1-2-20-19(22-15-18-6-5-13-24-18)21-14-16-7-9-17(10-8-16)23-11-3-4-12-23;/h3-4,7-10,18H,2,5-6,11-15H2,1H3,(H2,20,21,22);1H. The summed E-state index contributed by atoms with van der Waals surface area (Å²) in [5.74, 6) is 2.23. The predicted molar refractivity (Wildman–Crippen MR) is 122 cm³/mol. The van der Waals surface area contributed by atoms with Crippen molar-refractivity contribution in [3.63, 3.8) is 0 Å². The van der Waals surface area contributed by atoms with Crippen molar-refractivity contribution in [2.24, 2.45) is 4.99 Å². The molecule has 3 rings (SSSR count). The molecule has 1 unspecified atom stereocenters. The van der Waals surface area contributed by atoms with E-state index in [0.29, 0.717) is 6.54 Å². The van der Waals surface area contributed by atoms with Crippen LogP contribution in [0.4, 0.5) is 5.69 Å². The largest absolute Gasteiger partial charge is 0.364 e. The van der Waals surface area contributed by atoms with Gasteiger partial charge in [-0.15, -0.1) is 24.0 Å². The lowest BCUT2D eigenvalue weighted by atomic mass is 10.2. The quantitative estimate of drug-likeness (QED) is 0.287. The Bertz CT molecular complexity index is 559. The Balaban J connectivity index is 0.00000225. The molecule has 0 aliphatic carbocycles. The summed E-state index contributed by atoms with van der Waals surface area (Å²) in [6, 6.07) is 8.78. The average molecular weight is 472 g/mol. The summed E-state index contributed by atoms with van der Waals surface area (Å²) >= 11 is 2.08. The zero-order chi connectivity index (χ0) is 16.6. The Morgan fingerprint density at radius 3 is 2.60 bits per heavy atom. The van der Waals surface area contributed by atoms with Gasteiger partial charge in [-0.2, -0.15) is 11.8 Å². The fraction of sp³-hybridized carbons (Fsp3) is 0.526.